The number of carboxylic acid groups (broad SMARTS) is 1. The van der Waals surface area contributed by atoms with Crippen LogP contribution < -0.4 is 5.32 Å². The standard InChI is InChI=1S/C8H16N2O6/c11-3-1-10(2-4-12)8(16)9-5-6(13)7(14)15/h6,11-13H,1-5H2,(H,9,16)(H,14,15). The monoisotopic (exact) mass is 236 g/mol. The molecule has 0 fully saturated rings. The third-order valence-corrected chi connectivity index (χ3v) is 1.76. The van der Waals surface area contributed by atoms with E-state index in [0.29, 0.717) is 0 Å². The molecule has 1 unspecified atom stereocenters. The molecule has 0 rings (SSSR count). The van der Waals surface area contributed by atoms with Crippen LogP contribution in [-0.2, 0) is 4.79 Å². The second-order valence-corrected chi connectivity index (χ2v) is 2.97. The maximum atomic E-state index is 11.3. The molecule has 0 aromatic rings. The van der Waals surface area contributed by atoms with E-state index >= 15 is 0 Å². The number of rotatable bonds is 7. The zero-order valence-electron chi connectivity index (χ0n) is 8.67. The van der Waals surface area contributed by atoms with Crippen LogP contribution in [0.5, 0.6) is 0 Å². The summed E-state index contributed by atoms with van der Waals surface area (Å²) < 4.78 is 0. The van der Waals surface area contributed by atoms with Gasteiger partial charge in [0.2, 0.25) is 0 Å². The van der Waals surface area contributed by atoms with E-state index in [1.807, 2.05) is 0 Å². The van der Waals surface area contributed by atoms with Crippen LogP contribution >= 0.6 is 0 Å². The Hall–Kier alpha value is -1.38. The van der Waals surface area contributed by atoms with E-state index < -0.39 is 24.6 Å². The normalized spacial score (nSPS) is 11.9. The van der Waals surface area contributed by atoms with Crippen molar-refractivity contribution in [3.05, 3.63) is 0 Å². The van der Waals surface area contributed by atoms with Crippen LogP contribution in [0.25, 0.3) is 0 Å². The summed E-state index contributed by atoms with van der Waals surface area (Å²) in [5, 5.41) is 36.7. The lowest BCUT2D eigenvalue weighted by molar-refractivity contribution is -0.146. The molecule has 8 heteroatoms. The number of hydrogen-bond donors (Lipinski definition) is 5. The van der Waals surface area contributed by atoms with Crippen LogP contribution in [0.2, 0.25) is 0 Å². The molecule has 0 bridgehead atoms. The van der Waals surface area contributed by atoms with E-state index in [4.69, 9.17) is 20.4 Å². The predicted molar refractivity (Wildman–Crippen MR) is 52.8 cm³/mol. The van der Waals surface area contributed by atoms with Gasteiger partial charge in [-0.15, -0.1) is 0 Å². The fourth-order valence-electron chi connectivity index (χ4n) is 0.939. The number of carboxylic acids is 1. The van der Waals surface area contributed by atoms with Gasteiger partial charge in [-0.25, -0.2) is 9.59 Å². The molecule has 0 spiro atoms. The van der Waals surface area contributed by atoms with Crippen LogP contribution in [0.15, 0.2) is 0 Å². The SMILES string of the molecule is O=C(O)C(O)CNC(=O)N(CCO)CCO. The molecular formula is C8H16N2O6. The van der Waals surface area contributed by atoms with Crippen molar-refractivity contribution in [2.24, 2.45) is 0 Å². The minimum absolute atomic E-state index is 0.0234. The summed E-state index contributed by atoms with van der Waals surface area (Å²) in [4.78, 5) is 22.7. The van der Waals surface area contributed by atoms with Crippen LogP contribution in [-0.4, -0.2) is 76.3 Å². The van der Waals surface area contributed by atoms with Gasteiger partial charge in [-0.3, -0.25) is 0 Å². The molecule has 8 nitrogen and oxygen atoms in total. The van der Waals surface area contributed by atoms with Gasteiger partial charge in [0, 0.05) is 13.1 Å². The van der Waals surface area contributed by atoms with Crippen molar-refractivity contribution >= 4 is 12.0 Å². The second kappa shape index (κ2) is 7.85. The summed E-state index contributed by atoms with van der Waals surface area (Å²) in [6.45, 7) is -0.920. The van der Waals surface area contributed by atoms with Crippen LogP contribution in [0.4, 0.5) is 4.79 Å². The fraction of sp³-hybridized carbons (Fsp3) is 0.750. The average molecular weight is 236 g/mol. The van der Waals surface area contributed by atoms with Gasteiger partial charge < -0.3 is 30.6 Å². The molecule has 0 aliphatic rings. The van der Waals surface area contributed by atoms with Gasteiger partial charge in [-0.1, -0.05) is 0 Å². The Labute approximate surface area is 92.1 Å². The first-order valence-corrected chi connectivity index (χ1v) is 4.68. The van der Waals surface area contributed by atoms with E-state index in [-0.39, 0.29) is 26.3 Å². The Morgan fingerprint density at radius 2 is 1.69 bits per heavy atom. The van der Waals surface area contributed by atoms with Gasteiger partial charge in [0.25, 0.3) is 0 Å². The highest BCUT2D eigenvalue weighted by atomic mass is 16.4. The first-order valence-electron chi connectivity index (χ1n) is 4.68. The molecule has 0 aromatic heterocycles. The molecule has 0 radical (unpaired) electrons. The van der Waals surface area contributed by atoms with Crippen molar-refractivity contribution in [3.63, 3.8) is 0 Å². The summed E-state index contributed by atoms with van der Waals surface area (Å²) >= 11 is 0. The highest BCUT2D eigenvalue weighted by molar-refractivity contribution is 5.76. The number of aliphatic carboxylic acids is 1. The highest BCUT2D eigenvalue weighted by Gasteiger charge is 2.17. The van der Waals surface area contributed by atoms with Gasteiger partial charge in [-0.2, -0.15) is 0 Å². The molecule has 5 N–H and O–H groups in total. The third-order valence-electron chi connectivity index (χ3n) is 1.76. The molecule has 0 saturated heterocycles. The molecule has 94 valence electrons. The van der Waals surface area contributed by atoms with Crippen molar-refractivity contribution in [2.75, 3.05) is 32.8 Å². The van der Waals surface area contributed by atoms with Crippen molar-refractivity contribution < 1.29 is 30.0 Å². The predicted octanol–water partition coefficient (Wildman–Crippen LogP) is -2.57. The van der Waals surface area contributed by atoms with Crippen molar-refractivity contribution in [2.45, 2.75) is 6.10 Å². The molecule has 0 aliphatic heterocycles. The zero-order chi connectivity index (χ0) is 12.6. The summed E-state index contributed by atoms with van der Waals surface area (Å²) in [5.74, 6) is -1.43. The Morgan fingerprint density at radius 3 is 2.06 bits per heavy atom. The van der Waals surface area contributed by atoms with Crippen molar-refractivity contribution in [3.8, 4) is 0 Å². The maximum absolute atomic E-state index is 11.3. The van der Waals surface area contributed by atoms with Crippen LogP contribution in [0.3, 0.4) is 0 Å². The summed E-state index contributed by atoms with van der Waals surface area (Å²) in [6.07, 6.45) is -1.67. The molecular weight excluding hydrogens is 220 g/mol. The lowest BCUT2D eigenvalue weighted by Gasteiger charge is -2.21. The van der Waals surface area contributed by atoms with E-state index in [1.165, 1.54) is 0 Å². The molecule has 0 heterocycles. The lowest BCUT2D eigenvalue weighted by atomic mass is 10.3. The Kier molecular flexibility index (Phi) is 7.18. The third kappa shape index (κ3) is 5.49. The summed E-state index contributed by atoms with van der Waals surface area (Å²) in [6, 6.07) is -0.650. The molecule has 0 aromatic carbocycles. The minimum Gasteiger partial charge on any atom is -0.479 e. The fourth-order valence-corrected chi connectivity index (χ4v) is 0.939. The first-order chi connectivity index (χ1) is 7.52. The van der Waals surface area contributed by atoms with E-state index in [2.05, 4.69) is 5.32 Å². The number of carbonyl (C=O) groups excluding carboxylic acids is 1. The number of nitrogens with zero attached hydrogens (tertiary/aromatic N) is 1. The largest absolute Gasteiger partial charge is 0.479 e. The Bertz CT molecular complexity index is 229. The second-order valence-electron chi connectivity index (χ2n) is 2.97. The molecule has 0 saturated carbocycles. The number of aliphatic hydroxyl groups is 3. The van der Waals surface area contributed by atoms with Crippen LogP contribution in [0, 0.1) is 0 Å². The molecule has 16 heavy (non-hydrogen) atoms. The van der Waals surface area contributed by atoms with E-state index in [9.17, 15) is 9.59 Å². The van der Waals surface area contributed by atoms with Gasteiger partial charge in [0.15, 0.2) is 6.10 Å². The number of nitrogens with one attached hydrogen (secondary N) is 1. The quantitative estimate of drug-likeness (QED) is 0.330. The molecule has 1 atom stereocenters. The number of carbonyl (C=O) groups is 2. The number of aliphatic hydroxyl groups excluding tert-OH is 3. The van der Waals surface area contributed by atoms with Gasteiger partial charge in [0.1, 0.15) is 0 Å². The summed E-state index contributed by atoms with van der Waals surface area (Å²) in [5.41, 5.74) is 0. The van der Waals surface area contributed by atoms with Gasteiger partial charge in [0.05, 0.1) is 19.8 Å². The number of urea groups is 1. The Balaban J connectivity index is 4.04. The maximum Gasteiger partial charge on any atom is 0.334 e. The van der Waals surface area contributed by atoms with Gasteiger partial charge in [-0.05, 0) is 0 Å². The summed E-state index contributed by atoms with van der Waals surface area (Å²) in [7, 11) is 0. The zero-order valence-corrected chi connectivity index (χ0v) is 8.67. The van der Waals surface area contributed by atoms with E-state index in [1.54, 1.807) is 0 Å². The van der Waals surface area contributed by atoms with Gasteiger partial charge >= 0.3 is 12.0 Å². The van der Waals surface area contributed by atoms with E-state index in [0.717, 1.165) is 4.90 Å². The topological polar surface area (TPSA) is 130 Å². The number of hydrogen-bond acceptors (Lipinski definition) is 5. The highest BCUT2D eigenvalue weighted by Crippen LogP contribution is 1.89. The molecule has 0 aliphatic carbocycles. The first kappa shape index (κ1) is 14.6. The van der Waals surface area contributed by atoms with Crippen LogP contribution in [0.1, 0.15) is 0 Å². The van der Waals surface area contributed by atoms with Crippen molar-refractivity contribution in [1.82, 2.24) is 10.2 Å². The van der Waals surface area contributed by atoms with Crippen molar-refractivity contribution in [1.29, 1.82) is 0 Å². The number of amides is 2. The minimum atomic E-state index is -1.67. The average Bonchev–Trinajstić information content (AvgIpc) is 2.24. The smallest absolute Gasteiger partial charge is 0.334 e. The lowest BCUT2D eigenvalue weighted by Crippen LogP contribution is -2.46. The Morgan fingerprint density at radius 1 is 1.19 bits per heavy atom. The molecule has 2 amide bonds.